The normalized spacial score (nSPS) is 21.6. The summed E-state index contributed by atoms with van der Waals surface area (Å²) in [6.07, 6.45) is 6.06. The highest BCUT2D eigenvalue weighted by Crippen LogP contribution is 2.40. The zero-order valence-corrected chi connectivity index (χ0v) is 12.6. The van der Waals surface area contributed by atoms with Crippen molar-refractivity contribution in [2.24, 2.45) is 5.41 Å². The Morgan fingerprint density at radius 3 is 2.52 bits per heavy atom. The molecule has 3 rings (SSSR count). The Hall–Kier alpha value is -1.78. The van der Waals surface area contributed by atoms with Gasteiger partial charge in [-0.05, 0) is 43.2 Å². The number of rotatable bonds is 1. The second kappa shape index (κ2) is 5.54. The number of piperidine rings is 2. The fourth-order valence-electron chi connectivity index (χ4n) is 3.72. The van der Waals surface area contributed by atoms with E-state index in [1.165, 1.54) is 6.42 Å². The Kier molecular flexibility index (Phi) is 3.74. The van der Waals surface area contributed by atoms with Gasteiger partial charge in [0.25, 0.3) is 5.91 Å². The molecule has 5 heteroatoms. The smallest absolute Gasteiger partial charge is 0.270 e. The zero-order chi connectivity index (χ0) is 14.9. The van der Waals surface area contributed by atoms with Gasteiger partial charge in [-0.25, -0.2) is 0 Å². The largest absolute Gasteiger partial charge is 0.357 e. The molecule has 1 aromatic rings. The number of amides is 2. The van der Waals surface area contributed by atoms with Crippen molar-refractivity contribution >= 4 is 11.8 Å². The average molecular weight is 289 g/mol. The molecule has 21 heavy (non-hydrogen) atoms. The van der Waals surface area contributed by atoms with Crippen LogP contribution in [0.2, 0.25) is 0 Å². The van der Waals surface area contributed by atoms with E-state index in [0.717, 1.165) is 45.4 Å². The molecule has 2 aliphatic heterocycles. The minimum atomic E-state index is 0.105. The summed E-state index contributed by atoms with van der Waals surface area (Å²) in [4.78, 5) is 30.9. The molecule has 0 atom stereocenters. The maximum absolute atomic E-state index is 12.5. The average Bonchev–Trinajstić information content (AvgIpc) is 3.01. The van der Waals surface area contributed by atoms with E-state index in [0.29, 0.717) is 5.69 Å². The molecule has 0 aliphatic carbocycles. The standard InChI is InChI=1S/C16H23N3O2/c1-13(20)18-10-6-16(7-11-18)5-3-9-19(12-16)15(21)14-4-2-8-17-14/h2,4,8,17H,3,5-7,9-12H2,1H3. The van der Waals surface area contributed by atoms with Gasteiger partial charge >= 0.3 is 0 Å². The lowest BCUT2D eigenvalue weighted by molar-refractivity contribution is -0.131. The monoisotopic (exact) mass is 289 g/mol. The molecule has 0 radical (unpaired) electrons. The van der Waals surface area contributed by atoms with Crippen molar-refractivity contribution in [1.29, 1.82) is 0 Å². The van der Waals surface area contributed by atoms with E-state index in [9.17, 15) is 9.59 Å². The van der Waals surface area contributed by atoms with Crippen molar-refractivity contribution < 1.29 is 9.59 Å². The van der Waals surface area contributed by atoms with Gasteiger partial charge in [0.1, 0.15) is 5.69 Å². The number of nitrogens with zero attached hydrogens (tertiary/aromatic N) is 2. The minimum Gasteiger partial charge on any atom is -0.357 e. The lowest BCUT2D eigenvalue weighted by Crippen LogP contribution is -2.51. The van der Waals surface area contributed by atoms with Gasteiger partial charge in [-0.2, -0.15) is 0 Å². The van der Waals surface area contributed by atoms with Gasteiger partial charge < -0.3 is 14.8 Å². The van der Waals surface area contributed by atoms with Gasteiger partial charge in [-0.3, -0.25) is 9.59 Å². The van der Waals surface area contributed by atoms with E-state index in [2.05, 4.69) is 4.98 Å². The van der Waals surface area contributed by atoms with Crippen LogP contribution >= 0.6 is 0 Å². The number of likely N-dealkylation sites (tertiary alicyclic amines) is 2. The Balaban J connectivity index is 1.66. The highest BCUT2D eigenvalue weighted by molar-refractivity contribution is 5.92. The van der Waals surface area contributed by atoms with Gasteiger partial charge in [-0.15, -0.1) is 0 Å². The van der Waals surface area contributed by atoms with Gasteiger partial charge in [0.15, 0.2) is 0 Å². The summed E-state index contributed by atoms with van der Waals surface area (Å²) in [5, 5.41) is 0. The maximum Gasteiger partial charge on any atom is 0.270 e. The van der Waals surface area contributed by atoms with E-state index >= 15 is 0 Å². The van der Waals surface area contributed by atoms with Crippen LogP contribution in [0.4, 0.5) is 0 Å². The highest BCUT2D eigenvalue weighted by atomic mass is 16.2. The Morgan fingerprint density at radius 2 is 1.90 bits per heavy atom. The first kappa shape index (κ1) is 14.2. The second-order valence-electron chi connectivity index (χ2n) is 6.42. The maximum atomic E-state index is 12.5. The number of carbonyl (C=O) groups is 2. The molecule has 0 saturated carbocycles. The Bertz CT molecular complexity index is 516. The lowest BCUT2D eigenvalue weighted by Gasteiger charge is -2.47. The molecule has 1 aromatic heterocycles. The van der Waals surface area contributed by atoms with Crippen LogP contribution in [0.1, 0.15) is 43.1 Å². The summed E-state index contributed by atoms with van der Waals surface area (Å²) in [7, 11) is 0. The number of nitrogens with one attached hydrogen (secondary N) is 1. The molecular formula is C16H23N3O2. The van der Waals surface area contributed by atoms with Crippen LogP contribution in [-0.4, -0.2) is 52.8 Å². The summed E-state index contributed by atoms with van der Waals surface area (Å²) < 4.78 is 0. The second-order valence-corrected chi connectivity index (χ2v) is 6.42. The van der Waals surface area contributed by atoms with Crippen molar-refractivity contribution in [3.63, 3.8) is 0 Å². The van der Waals surface area contributed by atoms with E-state index in [1.807, 2.05) is 21.9 Å². The van der Waals surface area contributed by atoms with Crippen molar-refractivity contribution in [3.8, 4) is 0 Å². The molecule has 114 valence electrons. The quantitative estimate of drug-likeness (QED) is 0.858. The highest BCUT2D eigenvalue weighted by Gasteiger charge is 2.40. The van der Waals surface area contributed by atoms with Gasteiger partial charge in [0, 0.05) is 39.3 Å². The number of H-pyrrole nitrogens is 1. The van der Waals surface area contributed by atoms with E-state index < -0.39 is 0 Å². The molecule has 2 aliphatic rings. The van der Waals surface area contributed by atoms with Crippen molar-refractivity contribution in [2.45, 2.75) is 32.6 Å². The number of aromatic amines is 1. The minimum absolute atomic E-state index is 0.105. The molecule has 2 saturated heterocycles. The fourth-order valence-corrected chi connectivity index (χ4v) is 3.72. The van der Waals surface area contributed by atoms with Crippen LogP contribution in [0, 0.1) is 5.41 Å². The van der Waals surface area contributed by atoms with E-state index in [-0.39, 0.29) is 17.2 Å². The lowest BCUT2D eigenvalue weighted by atomic mass is 9.72. The van der Waals surface area contributed by atoms with Crippen molar-refractivity contribution in [2.75, 3.05) is 26.2 Å². The third kappa shape index (κ3) is 2.82. The van der Waals surface area contributed by atoms with Crippen LogP contribution in [0.15, 0.2) is 18.3 Å². The zero-order valence-electron chi connectivity index (χ0n) is 12.6. The van der Waals surface area contributed by atoms with Crippen molar-refractivity contribution in [1.82, 2.24) is 14.8 Å². The number of hydrogen-bond donors (Lipinski definition) is 1. The van der Waals surface area contributed by atoms with Crippen LogP contribution in [0.5, 0.6) is 0 Å². The molecule has 1 N–H and O–H groups in total. The summed E-state index contributed by atoms with van der Waals surface area (Å²) in [6.45, 7) is 4.98. The first-order valence-corrected chi connectivity index (χ1v) is 7.78. The van der Waals surface area contributed by atoms with Gasteiger partial charge in [0.05, 0.1) is 0 Å². The third-order valence-electron chi connectivity index (χ3n) is 5.05. The molecule has 2 fully saturated rings. The molecule has 0 unspecified atom stereocenters. The van der Waals surface area contributed by atoms with Crippen LogP contribution in [0.3, 0.4) is 0 Å². The van der Waals surface area contributed by atoms with Crippen LogP contribution in [-0.2, 0) is 4.79 Å². The Morgan fingerprint density at radius 1 is 1.14 bits per heavy atom. The molecular weight excluding hydrogens is 266 g/mol. The van der Waals surface area contributed by atoms with E-state index in [1.54, 1.807) is 13.1 Å². The molecule has 2 amide bonds. The first-order valence-electron chi connectivity index (χ1n) is 7.78. The number of carbonyl (C=O) groups excluding carboxylic acids is 2. The summed E-state index contributed by atoms with van der Waals surface area (Å²) >= 11 is 0. The van der Waals surface area contributed by atoms with Gasteiger partial charge in [-0.1, -0.05) is 0 Å². The molecule has 3 heterocycles. The Labute approximate surface area is 125 Å². The van der Waals surface area contributed by atoms with Crippen LogP contribution < -0.4 is 0 Å². The van der Waals surface area contributed by atoms with Gasteiger partial charge in [0.2, 0.25) is 5.91 Å². The topological polar surface area (TPSA) is 56.4 Å². The summed E-state index contributed by atoms with van der Waals surface area (Å²) in [6, 6.07) is 3.69. The van der Waals surface area contributed by atoms with Crippen LogP contribution in [0.25, 0.3) is 0 Å². The molecule has 0 bridgehead atoms. The summed E-state index contributed by atoms with van der Waals surface area (Å²) in [5.74, 6) is 0.271. The number of hydrogen-bond acceptors (Lipinski definition) is 2. The summed E-state index contributed by atoms with van der Waals surface area (Å²) in [5.41, 5.74) is 0.889. The fraction of sp³-hybridized carbons (Fsp3) is 0.625. The van der Waals surface area contributed by atoms with Crippen molar-refractivity contribution in [3.05, 3.63) is 24.0 Å². The predicted octanol–water partition coefficient (Wildman–Crippen LogP) is 1.88. The third-order valence-corrected chi connectivity index (χ3v) is 5.05. The molecule has 5 nitrogen and oxygen atoms in total. The molecule has 0 aromatic carbocycles. The van der Waals surface area contributed by atoms with E-state index in [4.69, 9.17) is 0 Å². The number of aromatic nitrogens is 1. The SMILES string of the molecule is CC(=O)N1CCC2(CCCN(C(=O)c3ccc[nH]3)C2)CC1. The molecule has 1 spiro atoms. The first-order chi connectivity index (χ1) is 10.1. The predicted molar refractivity (Wildman–Crippen MR) is 79.9 cm³/mol.